The van der Waals surface area contributed by atoms with Gasteiger partial charge in [0.15, 0.2) is 5.82 Å². The molecule has 0 aromatic carbocycles. The molecule has 1 unspecified atom stereocenters. The van der Waals surface area contributed by atoms with E-state index in [2.05, 4.69) is 19.7 Å². The van der Waals surface area contributed by atoms with E-state index in [1.807, 2.05) is 0 Å². The fourth-order valence-corrected chi connectivity index (χ4v) is 1.18. The SMILES string of the molecule is COC(=O)C1C=Nc2nccnc21. The van der Waals surface area contributed by atoms with E-state index < -0.39 is 5.92 Å². The summed E-state index contributed by atoms with van der Waals surface area (Å²) >= 11 is 0. The first-order valence-corrected chi connectivity index (χ1v) is 3.76. The number of hydrogen-bond acceptors (Lipinski definition) is 5. The molecule has 5 nitrogen and oxygen atoms in total. The van der Waals surface area contributed by atoms with Crippen LogP contribution < -0.4 is 0 Å². The van der Waals surface area contributed by atoms with Crippen molar-refractivity contribution in [2.75, 3.05) is 7.11 Å². The molecule has 13 heavy (non-hydrogen) atoms. The molecule has 1 aliphatic rings. The predicted octanol–water partition coefficient (Wildman–Crippen LogP) is 0.449. The van der Waals surface area contributed by atoms with Gasteiger partial charge in [-0.15, -0.1) is 0 Å². The van der Waals surface area contributed by atoms with Gasteiger partial charge in [0.25, 0.3) is 0 Å². The van der Waals surface area contributed by atoms with E-state index >= 15 is 0 Å². The number of carbonyl (C=O) groups is 1. The summed E-state index contributed by atoms with van der Waals surface area (Å²) in [5, 5.41) is 0. The Morgan fingerprint density at radius 2 is 2.23 bits per heavy atom. The lowest BCUT2D eigenvalue weighted by Gasteiger charge is -2.03. The van der Waals surface area contributed by atoms with E-state index in [1.165, 1.54) is 25.7 Å². The second kappa shape index (κ2) is 2.93. The molecule has 66 valence electrons. The highest BCUT2D eigenvalue weighted by molar-refractivity contribution is 5.99. The molecule has 1 aliphatic heterocycles. The van der Waals surface area contributed by atoms with Crippen LogP contribution in [0.15, 0.2) is 17.4 Å². The van der Waals surface area contributed by atoms with E-state index in [0.29, 0.717) is 11.5 Å². The number of aliphatic imine (C=N–C) groups is 1. The number of hydrogen-bond donors (Lipinski definition) is 0. The van der Waals surface area contributed by atoms with Gasteiger partial charge in [-0.1, -0.05) is 0 Å². The number of rotatable bonds is 1. The Bertz CT molecular complexity index is 375. The fraction of sp³-hybridized carbons (Fsp3) is 0.250. The Kier molecular flexibility index (Phi) is 1.77. The van der Waals surface area contributed by atoms with Crippen LogP contribution >= 0.6 is 0 Å². The van der Waals surface area contributed by atoms with Gasteiger partial charge in [0.2, 0.25) is 0 Å². The summed E-state index contributed by atoms with van der Waals surface area (Å²) in [7, 11) is 1.34. The summed E-state index contributed by atoms with van der Waals surface area (Å²) in [5.74, 6) is -0.352. The smallest absolute Gasteiger partial charge is 0.320 e. The first-order chi connectivity index (χ1) is 6.33. The maximum atomic E-state index is 11.2. The summed E-state index contributed by atoms with van der Waals surface area (Å²) in [4.78, 5) is 23.1. The second-order valence-electron chi connectivity index (χ2n) is 2.54. The molecule has 2 rings (SSSR count). The number of nitrogens with zero attached hydrogens (tertiary/aromatic N) is 3. The molecular weight excluding hydrogens is 170 g/mol. The lowest BCUT2D eigenvalue weighted by molar-refractivity contribution is -0.140. The normalized spacial score (nSPS) is 18.4. The van der Waals surface area contributed by atoms with Crippen molar-refractivity contribution in [3.63, 3.8) is 0 Å². The number of methoxy groups -OCH3 is 1. The van der Waals surface area contributed by atoms with Gasteiger partial charge in [-0.05, 0) is 0 Å². The number of ether oxygens (including phenoxy) is 1. The van der Waals surface area contributed by atoms with Gasteiger partial charge in [-0.3, -0.25) is 9.78 Å². The van der Waals surface area contributed by atoms with Gasteiger partial charge < -0.3 is 4.74 Å². The van der Waals surface area contributed by atoms with Gasteiger partial charge in [0, 0.05) is 18.6 Å². The Labute approximate surface area is 74.5 Å². The molecule has 0 saturated heterocycles. The summed E-state index contributed by atoms with van der Waals surface area (Å²) in [6.07, 6.45) is 4.57. The summed E-state index contributed by atoms with van der Waals surface area (Å²) in [6.45, 7) is 0. The van der Waals surface area contributed by atoms with Crippen LogP contribution in [-0.2, 0) is 9.53 Å². The Morgan fingerprint density at radius 1 is 1.46 bits per heavy atom. The minimum atomic E-state index is -0.492. The van der Waals surface area contributed by atoms with Crippen molar-refractivity contribution in [1.29, 1.82) is 0 Å². The largest absolute Gasteiger partial charge is 0.468 e. The van der Waals surface area contributed by atoms with Crippen molar-refractivity contribution in [3.8, 4) is 0 Å². The van der Waals surface area contributed by atoms with Crippen LogP contribution in [0.5, 0.6) is 0 Å². The molecule has 0 N–H and O–H groups in total. The lowest BCUT2D eigenvalue weighted by Crippen LogP contribution is -2.14. The summed E-state index contributed by atoms with van der Waals surface area (Å²) in [5.41, 5.74) is 0.564. The third-order valence-electron chi connectivity index (χ3n) is 1.80. The maximum absolute atomic E-state index is 11.2. The van der Waals surface area contributed by atoms with Crippen molar-refractivity contribution >= 4 is 18.0 Å². The Balaban J connectivity index is 2.38. The Morgan fingerprint density at radius 3 is 3.00 bits per heavy atom. The molecule has 0 saturated carbocycles. The molecule has 0 radical (unpaired) electrons. The molecule has 0 fully saturated rings. The van der Waals surface area contributed by atoms with Crippen molar-refractivity contribution in [2.24, 2.45) is 4.99 Å². The van der Waals surface area contributed by atoms with E-state index in [-0.39, 0.29) is 5.97 Å². The second-order valence-corrected chi connectivity index (χ2v) is 2.54. The molecule has 0 amide bonds. The van der Waals surface area contributed by atoms with Gasteiger partial charge in [0.05, 0.1) is 7.11 Å². The molecule has 5 heteroatoms. The van der Waals surface area contributed by atoms with Crippen LogP contribution in [0.2, 0.25) is 0 Å². The molecule has 0 spiro atoms. The fourth-order valence-electron chi connectivity index (χ4n) is 1.18. The van der Waals surface area contributed by atoms with Crippen LogP contribution in [-0.4, -0.2) is 29.3 Å². The van der Waals surface area contributed by atoms with E-state index in [9.17, 15) is 4.79 Å². The third-order valence-corrected chi connectivity index (χ3v) is 1.80. The number of fused-ring (bicyclic) bond motifs is 1. The zero-order valence-corrected chi connectivity index (χ0v) is 6.97. The average molecular weight is 177 g/mol. The van der Waals surface area contributed by atoms with Crippen molar-refractivity contribution < 1.29 is 9.53 Å². The van der Waals surface area contributed by atoms with Gasteiger partial charge >= 0.3 is 5.97 Å². The summed E-state index contributed by atoms with van der Waals surface area (Å²) < 4.78 is 4.59. The molecular formula is C8H7N3O2. The quantitative estimate of drug-likeness (QED) is 0.584. The highest BCUT2D eigenvalue weighted by Crippen LogP contribution is 2.27. The van der Waals surface area contributed by atoms with Crippen LogP contribution in [0.3, 0.4) is 0 Å². The zero-order chi connectivity index (χ0) is 9.26. The number of esters is 1. The molecule has 1 aromatic heterocycles. The van der Waals surface area contributed by atoms with Crippen LogP contribution in [0.1, 0.15) is 11.6 Å². The maximum Gasteiger partial charge on any atom is 0.320 e. The van der Waals surface area contributed by atoms with Crippen molar-refractivity contribution in [2.45, 2.75) is 5.92 Å². The van der Waals surface area contributed by atoms with E-state index in [4.69, 9.17) is 0 Å². The van der Waals surface area contributed by atoms with Crippen molar-refractivity contribution in [3.05, 3.63) is 18.1 Å². The monoisotopic (exact) mass is 177 g/mol. The molecule has 1 atom stereocenters. The summed E-state index contributed by atoms with van der Waals surface area (Å²) in [6, 6.07) is 0. The average Bonchev–Trinajstić information content (AvgIpc) is 2.60. The highest BCUT2D eigenvalue weighted by Gasteiger charge is 2.28. The lowest BCUT2D eigenvalue weighted by atomic mass is 10.1. The van der Waals surface area contributed by atoms with Gasteiger partial charge in [-0.25, -0.2) is 9.98 Å². The predicted molar refractivity (Wildman–Crippen MR) is 44.9 cm³/mol. The minimum absolute atomic E-state index is 0.358. The standard InChI is InChI=1S/C8H7N3O2/c1-13-8(12)5-4-11-7-6(5)9-2-3-10-7/h2-5H,1H3. The Hall–Kier alpha value is -1.78. The van der Waals surface area contributed by atoms with E-state index in [0.717, 1.165) is 0 Å². The third kappa shape index (κ3) is 1.18. The molecule has 0 bridgehead atoms. The van der Waals surface area contributed by atoms with Crippen LogP contribution in [0, 0.1) is 0 Å². The van der Waals surface area contributed by atoms with Crippen LogP contribution in [0.4, 0.5) is 5.82 Å². The first kappa shape index (κ1) is 7.85. The zero-order valence-electron chi connectivity index (χ0n) is 6.97. The van der Waals surface area contributed by atoms with Crippen LogP contribution in [0.25, 0.3) is 0 Å². The van der Waals surface area contributed by atoms with Crippen molar-refractivity contribution in [1.82, 2.24) is 9.97 Å². The minimum Gasteiger partial charge on any atom is -0.468 e. The highest BCUT2D eigenvalue weighted by atomic mass is 16.5. The number of aromatic nitrogens is 2. The molecule has 2 heterocycles. The molecule has 0 aliphatic carbocycles. The van der Waals surface area contributed by atoms with Gasteiger partial charge in [-0.2, -0.15) is 0 Å². The van der Waals surface area contributed by atoms with Gasteiger partial charge in [0.1, 0.15) is 11.6 Å². The van der Waals surface area contributed by atoms with E-state index in [1.54, 1.807) is 0 Å². The number of carbonyl (C=O) groups excluding carboxylic acids is 1. The molecule has 1 aromatic rings. The topological polar surface area (TPSA) is 64.4 Å². The first-order valence-electron chi connectivity index (χ1n) is 3.76.